The molecule has 5 rings (SSSR count). The van der Waals surface area contributed by atoms with Crippen LogP contribution in [0.5, 0.6) is 17.2 Å². The number of alkyl halides is 3. The smallest absolute Gasteiger partial charge is 0.514 e. The first-order chi connectivity index (χ1) is 32.6. The van der Waals surface area contributed by atoms with E-state index in [2.05, 4.69) is 86.5 Å². The molecule has 0 bridgehead atoms. The van der Waals surface area contributed by atoms with Gasteiger partial charge in [0, 0.05) is 55.4 Å². The van der Waals surface area contributed by atoms with Crippen molar-refractivity contribution in [2.24, 2.45) is 0 Å². The van der Waals surface area contributed by atoms with Gasteiger partial charge in [0.2, 0.25) is 0 Å². The summed E-state index contributed by atoms with van der Waals surface area (Å²) in [6.45, 7) is 15.8. The van der Waals surface area contributed by atoms with Gasteiger partial charge in [0.15, 0.2) is 14.7 Å². The number of hydrogen-bond acceptors (Lipinski definition) is 15. The number of benzene rings is 5. The highest BCUT2D eigenvalue weighted by Crippen LogP contribution is 2.35. The van der Waals surface area contributed by atoms with Gasteiger partial charge >= 0.3 is 24.6 Å². The number of halogens is 3. The SMILES string of the molecule is CC(C)(C)OC(=O)Oc1ccc([S+](c2ccc(OC(=O)OC(C)(C)C)cc2)c2cccc(OC(=O)OC(C)(C)C)c2)cc1.CN(C)c1ccc(Sc2ccc(N(C)C)cc2)cc1.O=S(=O)([O-])CC(F)(F)F. The number of hydrogen-bond donors (Lipinski definition) is 0. The van der Waals surface area contributed by atoms with E-state index in [4.69, 9.17) is 28.4 Å². The van der Waals surface area contributed by atoms with E-state index in [1.54, 1.807) is 117 Å². The lowest BCUT2D eigenvalue weighted by Gasteiger charge is -2.19. The maximum Gasteiger partial charge on any atom is 0.514 e. The molecule has 0 heterocycles. The summed E-state index contributed by atoms with van der Waals surface area (Å²) in [5, 5.41) is 0. The minimum atomic E-state index is -5.16. The van der Waals surface area contributed by atoms with E-state index in [1.165, 1.54) is 21.2 Å². The van der Waals surface area contributed by atoms with Gasteiger partial charge in [0.05, 0.1) is 10.9 Å². The molecule has 386 valence electrons. The molecule has 71 heavy (non-hydrogen) atoms. The molecule has 20 heteroatoms. The van der Waals surface area contributed by atoms with Crippen LogP contribution in [0, 0.1) is 0 Å². The van der Waals surface area contributed by atoms with Crippen LogP contribution < -0.4 is 24.0 Å². The lowest BCUT2D eigenvalue weighted by Crippen LogP contribution is -2.26. The number of anilines is 2. The van der Waals surface area contributed by atoms with Crippen LogP contribution in [0.15, 0.2) is 146 Å². The third kappa shape index (κ3) is 24.1. The summed E-state index contributed by atoms with van der Waals surface area (Å²) >= 11 is 1.79. The van der Waals surface area contributed by atoms with Gasteiger partial charge in [-0.3, -0.25) is 0 Å². The Bertz CT molecular complexity index is 2490. The Kier molecular flexibility index (Phi) is 21.1. The molecule has 0 unspecified atom stereocenters. The molecule has 0 amide bonds. The minimum Gasteiger partial charge on any atom is -0.748 e. The number of ether oxygens (including phenoxy) is 6. The molecule has 0 radical (unpaired) electrons. The van der Waals surface area contributed by atoms with E-state index in [1.807, 2.05) is 30.3 Å². The largest absolute Gasteiger partial charge is 0.748 e. The van der Waals surface area contributed by atoms with E-state index in [0.717, 1.165) is 14.7 Å². The molecule has 5 aromatic carbocycles. The van der Waals surface area contributed by atoms with Gasteiger partial charge < -0.3 is 42.8 Å². The average Bonchev–Trinajstić information content (AvgIpc) is 3.20. The highest BCUT2D eigenvalue weighted by Gasteiger charge is 2.32. The molecule has 14 nitrogen and oxygen atoms in total. The second-order valence-corrected chi connectivity index (χ2v) is 23.2. The van der Waals surface area contributed by atoms with E-state index < -0.39 is 68.2 Å². The van der Waals surface area contributed by atoms with Crippen molar-refractivity contribution in [1.29, 1.82) is 0 Å². The molecule has 5 aromatic rings. The zero-order valence-electron chi connectivity index (χ0n) is 41.9. The Morgan fingerprint density at radius 3 is 1.14 bits per heavy atom. The fourth-order valence-electron chi connectivity index (χ4n) is 5.42. The predicted octanol–water partition coefficient (Wildman–Crippen LogP) is 12.8. The van der Waals surface area contributed by atoms with Crippen LogP contribution in [0.1, 0.15) is 62.3 Å². The summed E-state index contributed by atoms with van der Waals surface area (Å²) in [6, 6.07) is 38.5. The maximum absolute atomic E-state index is 12.3. The third-order valence-electron chi connectivity index (χ3n) is 8.21. The van der Waals surface area contributed by atoms with Gasteiger partial charge in [-0.05, 0) is 172 Å². The first-order valence-corrected chi connectivity index (χ1v) is 25.3. The quantitative estimate of drug-likeness (QED) is 0.0402. The molecule has 0 N–H and O–H groups in total. The van der Waals surface area contributed by atoms with E-state index >= 15 is 0 Å². The fourth-order valence-corrected chi connectivity index (χ4v) is 8.72. The summed E-state index contributed by atoms with van der Waals surface area (Å²) in [5.41, 5.74) is 0.384. The molecule has 0 aromatic heterocycles. The van der Waals surface area contributed by atoms with Crippen LogP contribution >= 0.6 is 11.8 Å². The molecule has 0 aliphatic heterocycles. The molecule has 0 saturated carbocycles. The van der Waals surface area contributed by atoms with Gasteiger partial charge in [-0.15, -0.1) is 0 Å². The Morgan fingerprint density at radius 1 is 0.521 bits per heavy atom. The molecule has 0 spiro atoms. The normalized spacial score (nSPS) is 11.7. The van der Waals surface area contributed by atoms with Crippen molar-refractivity contribution in [3.63, 3.8) is 0 Å². The summed E-state index contributed by atoms with van der Waals surface area (Å²) in [6.07, 6.45) is -7.32. The number of carbonyl (C=O) groups is 3. The van der Waals surface area contributed by atoms with Crippen molar-refractivity contribution in [2.45, 2.75) is 110 Å². The van der Waals surface area contributed by atoms with E-state index in [9.17, 15) is 40.5 Å². The van der Waals surface area contributed by atoms with Crippen LogP contribution in [0.3, 0.4) is 0 Å². The highest BCUT2D eigenvalue weighted by atomic mass is 32.2. The third-order valence-corrected chi connectivity index (χ3v) is 12.1. The monoisotopic (exact) mass is 1050 g/mol. The minimum absolute atomic E-state index is 0.319. The molecule has 0 saturated heterocycles. The van der Waals surface area contributed by atoms with Crippen LogP contribution in [0.2, 0.25) is 0 Å². The Balaban J connectivity index is 0.000000387. The van der Waals surface area contributed by atoms with Crippen molar-refractivity contribution < 1.29 is 68.9 Å². The first kappa shape index (κ1) is 59.2. The zero-order chi connectivity index (χ0) is 53.5. The van der Waals surface area contributed by atoms with Crippen LogP contribution in [-0.4, -0.2) is 88.4 Å². The molecule has 0 fully saturated rings. The summed E-state index contributed by atoms with van der Waals surface area (Å²) in [7, 11) is 2.37. The second-order valence-electron chi connectivity index (χ2n) is 18.6. The summed E-state index contributed by atoms with van der Waals surface area (Å²) < 4.78 is 92.9. The van der Waals surface area contributed by atoms with E-state index in [-0.39, 0.29) is 0 Å². The van der Waals surface area contributed by atoms with Gasteiger partial charge in [0.1, 0.15) is 49.9 Å². The van der Waals surface area contributed by atoms with Crippen molar-refractivity contribution in [3.05, 3.63) is 121 Å². The van der Waals surface area contributed by atoms with Crippen molar-refractivity contribution in [2.75, 3.05) is 43.7 Å². The standard InChI is InChI=1S/C33H39O9S.C16H20N2S.C2H3F3O3S/c1-31(2,3)40-28(34)37-22-13-17-25(18-14-22)43(26-19-15-23(16-20-26)38-29(35)41-32(4,5)6)27-12-10-11-24(21-27)39-30(36)42-33(7,8)9;1-17(2)13-5-9-15(10-6-13)19-16-11-7-14(8-12-16)18(3)4;3-2(4,5)1-9(6,7)8/h10-21H,1-9H3;5-12H,1-4H3;1H2,(H,6,7,8)/q+1;;/p-1. The van der Waals surface area contributed by atoms with Gasteiger partial charge in [0.25, 0.3) is 0 Å². The zero-order valence-corrected chi connectivity index (χ0v) is 44.4. The Labute approximate surface area is 421 Å². The van der Waals surface area contributed by atoms with Gasteiger partial charge in [-0.25, -0.2) is 22.8 Å². The van der Waals surface area contributed by atoms with Crippen molar-refractivity contribution >= 4 is 62.6 Å². The average molecular weight is 1050 g/mol. The Hall–Kier alpha value is -6.09. The van der Waals surface area contributed by atoms with Crippen LogP contribution in [-0.2, 0) is 35.2 Å². The van der Waals surface area contributed by atoms with Crippen molar-refractivity contribution in [3.8, 4) is 17.2 Å². The molecule has 0 aliphatic rings. The number of rotatable bonds is 11. The predicted molar refractivity (Wildman–Crippen MR) is 268 cm³/mol. The first-order valence-electron chi connectivity index (χ1n) is 21.6. The van der Waals surface area contributed by atoms with E-state index in [0.29, 0.717) is 17.2 Å². The van der Waals surface area contributed by atoms with Gasteiger partial charge in [-0.2, -0.15) is 13.2 Å². The Morgan fingerprint density at radius 2 is 0.859 bits per heavy atom. The number of carbonyl (C=O) groups excluding carboxylic acids is 3. The molecular weight excluding hydrogens is 986 g/mol. The topological polar surface area (TPSA) is 170 Å². The summed E-state index contributed by atoms with van der Waals surface area (Å²) in [4.78, 5) is 46.0. The van der Waals surface area contributed by atoms with Crippen molar-refractivity contribution in [1.82, 2.24) is 0 Å². The lowest BCUT2D eigenvalue weighted by atomic mass is 10.2. The number of nitrogens with zero attached hydrogens (tertiary/aromatic N) is 2. The van der Waals surface area contributed by atoms with Gasteiger partial charge in [-0.1, -0.05) is 17.8 Å². The fraction of sp³-hybridized carbons (Fsp3) is 0.353. The second kappa shape index (κ2) is 25.3. The van der Waals surface area contributed by atoms with Crippen LogP contribution in [0.4, 0.5) is 38.9 Å². The van der Waals surface area contributed by atoms with Crippen LogP contribution in [0.25, 0.3) is 0 Å². The molecule has 0 atom stereocenters. The molecule has 0 aliphatic carbocycles. The lowest BCUT2D eigenvalue weighted by molar-refractivity contribution is -0.107. The highest BCUT2D eigenvalue weighted by molar-refractivity contribution is 7.99. The summed E-state index contributed by atoms with van der Waals surface area (Å²) in [5.74, 6) is -1.33. The maximum atomic E-state index is 12.3. The molecular formula is C51H61F3N2O12S3.